The second-order valence-electron chi connectivity index (χ2n) is 5.56. The van der Waals surface area contributed by atoms with E-state index in [1.807, 2.05) is 25.0 Å². The number of aromatic hydroxyl groups is 1. The molecule has 0 bridgehead atoms. The molecule has 0 fully saturated rings. The lowest BCUT2D eigenvalue weighted by Gasteiger charge is -2.04. The summed E-state index contributed by atoms with van der Waals surface area (Å²) in [5.41, 5.74) is 1.10. The second-order valence-corrected chi connectivity index (χ2v) is 5.56. The van der Waals surface area contributed by atoms with Crippen LogP contribution in [0.2, 0.25) is 0 Å². The normalized spacial score (nSPS) is 9.95. The molecule has 1 rings (SSSR count). The first kappa shape index (κ1) is 19.7. The average Bonchev–Trinajstić information content (AvgIpc) is 2.53. The molecule has 0 aliphatic carbocycles. The first-order valence-corrected chi connectivity index (χ1v) is 8.40. The monoisotopic (exact) mass is 292 g/mol. The Balaban J connectivity index is 0.00000191. The highest BCUT2D eigenvalue weighted by atomic mass is 16.3. The molecule has 1 N–H and O–H groups in total. The third-order valence-corrected chi connectivity index (χ3v) is 3.79. The Kier molecular flexibility index (Phi) is 14.1. The van der Waals surface area contributed by atoms with Crippen molar-refractivity contribution in [2.24, 2.45) is 0 Å². The molecule has 0 amide bonds. The van der Waals surface area contributed by atoms with Crippen LogP contribution in [0.4, 0.5) is 0 Å². The van der Waals surface area contributed by atoms with Crippen molar-refractivity contribution in [3.05, 3.63) is 29.8 Å². The number of hydrogen-bond acceptors (Lipinski definition) is 2. The zero-order valence-corrected chi connectivity index (χ0v) is 13.7. The lowest BCUT2D eigenvalue weighted by atomic mass is 10.0. The first-order valence-electron chi connectivity index (χ1n) is 8.40. The van der Waals surface area contributed by atoms with Gasteiger partial charge in [0.2, 0.25) is 0 Å². The van der Waals surface area contributed by atoms with Crippen LogP contribution in [-0.2, 0) is 11.2 Å². The molecule has 1 aromatic carbocycles. The molecule has 0 saturated carbocycles. The van der Waals surface area contributed by atoms with Crippen LogP contribution in [0.1, 0.15) is 76.7 Å². The zero-order valence-electron chi connectivity index (χ0n) is 13.7. The van der Waals surface area contributed by atoms with E-state index in [0.717, 1.165) is 12.0 Å². The molecule has 0 aliphatic heterocycles. The van der Waals surface area contributed by atoms with Crippen LogP contribution in [0.5, 0.6) is 5.75 Å². The average molecular weight is 292 g/mol. The van der Waals surface area contributed by atoms with Gasteiger partial charge in [-0.15, -0.1) is 0 Å². The van der Waals surface area contributed by atoms with E-state index in [0.29, 0.717) is 5.75 Å². The Morgan fingerprint density at radius 3 is 1.81 bits per heavy atom. The molecule has 0 atom stereocenters. The fourth-order valence-corrected chi connectivity index (χ4v) is 2.53. The van der Waals surface area contributed by atoms with Crippen molar-refractivity contribution in [2.45, 2.75) is 77.6 Å². The quantitative estimate of drug-likeness (QED) is 0.533. The van der Waals surface area contributed by atoms with Crippen molar-refractivity contribution in [3.63, 3.8) is 0 Å². The third kappa shape index (κ3) is 11.1. The molecule has 0 saturated heterocycles. The molecule has 21 heavy (non-hydrogen) atoms. The van der Waals surface area contributed by atoms with Crippen molar-refractivity contribution in [2.75, 3.05) is 0 Å². The Morgan fingerprint density at radius 2 is 1.29 bits per heavy atom. The van der Waals surface area contributed by atoms with Gasteiger partial charge in [0.25, 0.3) is 0 Å². The van der Waals surface area contributed by atoms with Gasteiger partial charge in [-0.05, 0) is 24.5 Å². The molecular weight excluding hydrogens is 260 g/mol. The molecule has 2 heteroatoms. The number of para-hydroxylation sites is 1. The highest BCUT2D eigenvalue weighted by Gasteiger charge is 1.99. The van der Waals surface area contributed by atoms with Crippen molar-refractivity contribution in [3.8, 4) is 5.75 Å². The summed E-state index contributed by atoms with van der Waals surface area (Å²) in [5.74, 6) is 0.457. The van der Waals surface area contributed by atoms with E-state index >= 15 is 0 Å². The Labute approximate surface area is 130 Å². The van der Waals surface area contributed by atoms with Crippen molar-refractivity contribution < 1.29 is 9.90 Å². The fraction of sp³-hybridized carbons (Fsp3) is 0.632. The van der Waals surface area contributed by atoms with Crippen LogP contribution in [0.25, 0.3) is 0 Å². The van der Waals surface area contributed by atoms with Crippen LogP contribution in [0.3, 0.4) is 0 Å². The summed E-state index contributed by atoms with van der Waals surface area (Å²) in [6, 6.07) is 7.71. The van der Waals surface area contributed by atoms with Gasteiger partial charge < -0.3 is 9.90 Å². The maximum Gasteiger partial charge on any atom is 0.118 e. The van der Waals surface area contributed by atoms with E-state index in [1.165, 1.54) is 64.2 Å². The molecule has 1 aromatic rings. The smallest absolute Gasteiger partial charge is 0.118 e. The minimum atomic E-state index is 0.457. The molecular formula is C19H32O2. The van der Waals surface area contributed by atoms with Gasteiger partial charge in [0.05, 0.1) is 0 Å². The van der Waals surface area contributed by atoms with Gasteiger partial charge in [0.1, 0.15) is 12.5 Å². The number of carbonyl (C=O) groups is 1. The van der Waals surface area contributed by atoms with Gasteiger partial charge in [-0.1, -0.05) is 82.9 Å². The van der Waals surface area contributed by atoms with Crippen molar-refractivity contribution in [1.82, 2.24) is 0 Å². The van der Waals surface area contributed by atoms with Gasteiger partial charge in [-0.25, -0.2) is 0 Å². The summed E-state index contributed by atoms with van der Waals surface area (Å²) in [7, 11) is 0. The van der Waals surface area contributed by atoms with Gasteiger partial charge >= 0.3 is 0 Å². The van der Waals surface area contributed by atoms with Crippen molar-refractivity contribution >= 4 is 6.79 Å². The van der Waals surface area contributed by atoms with E-state index in [9.17, 15) is 5.11 Å². The number of hydrogen-bond donors (Lipinski definition) is 1. The SMILES string of the molecule is C=O.CCCCCCCCCCCCc1ccccc1O. The van der Waals surface area contributed by atoms with Crippen LogP contribution < -0.4 is 0 Å². The molecule has 0 aromatic heterocycles. The van der Waals surface area contributed by atoms with E-state index in [4.69, 9.17) is 4.79 Å². The number of unbranched alkanes of at least 4 members (excludes halogenated alkanes) is 9. The van der Waals surface area contributed by atoms with E-state index in [1.54, 1.807) is 6.07 Å². The molecule has 0 radical (unpaired) electrons. The summed E-state index contributed by atoms with van der Waals surface area (Å²) < 4.78 is 0. The number of phenolic OH excluding ortho intramolecular Hbond substituents is 1. The standard InChI is InChI=1S/C18H30O.CH2O/c1-2-3-4-5-6-7-8-9-10-11-14-17-15-12-13-16-18(17)19;1-2/h12-13,15-16,19H,2-11,14H2,1H3;1H2. The summed E-state index contributed by atoms with van der Waals surface area (Å²) in [6.45, 7) is 4.27. The lowest BCUT2D eigenvalue weighted by molar-refractivity contribution is -0.0979. The molecule has 2 nitrogen and oxygen atoms in total. The van der Waals surface area contributed by atoms with Gasteiger partial charge in [0.15, 0.2) is 0 Å². The van der Waals surface area contributed by atoms with Crippen LogP contribution >= 0.6 is 0 Å². The first-order chi connectivity index (χ1) is 10.3. The Bertz CT molecular complexity index is 336. The number of phenols is 1. The summed E-state index contributed by atoms with van der Waals surface area (Å²) >= 11 is 0. The van der Waals surface area contributed by atoms with Crippen LogP contribution in [-0.4, -0.2) is 11.9 Å². The highest BCUT2D eigenvalue weighted by Crippen LogP contribution is 2.19. The summed E-state index contributed by atoms with van der Waals surface area (Å²) in [6.07, 6.45) is 14.6. The zero-order chi connectivity index (χ0) is 15.8. The third-order valence-electron chi connectivity index (χ3n) is 3.79. The second kappa shape index (κ2) is 15.1. The van der Waals surface area contributed by atoms with Gasteiger partial charge in [0, 0.05) is 0 Å². The largest absolute Gasteiger partial charge is 0.508 e. The molecule has 0 spiro atoms. The number of aryl methyl sites for hydroxylation is 1. The van der Waals surface area contributed by atoms with E-state index < -0.39 is 0 Å². The van der Waals surface area contributed by atoms with Gasteiger partial charge in [-0.2, -0.15) is 0 Å². The Morgan fingerprint density at radius 1 is 0.810 bits per heavy atom. The van der Waals surface area contributed by atoms with Gasteiger partial charge in [-0.3, -0.25) is 0 Å². The minimum Gasteiger partial charge on any atom is -0.508 e. The highest BCUT2D eigenvalue weighted by molar-refractivity contribution is 5.31. The topological polar surface area (TPSA) is 37.3 Å². The lowest BCUT2D eigenvalue weighted by Crippen LogP contribution is -1.87. The number of rotatable bonds is 11. The van der Waals surface area contributed by atoms with E-state index in [-0.39, 0.29) is 0 Å². The Hall–Kier alpha value is -1.31. The molecule has 0 unspecified atom stereocenters. The minimum absolute atomic E-state index is 0.457. The summed E-state index contributed by atoms with van der Waals surface area (Å²) in [5, 5.41) is 9.65. The fourth-order valence-electron chi connectivity index (χ4n) is 2.53. The van der Waals surface area contributed by atoms with Crippen LogP contribution in [0.15, 0.2) is 24.3 Å². The molecule has 0 aliphatic rings. The number of carbonyl (C=O) groups excluding carboxylic acids is 1. The van der Waals surface area contributed by atoms with E-state index in [2.05, 4.69) is 6.92 Å². The predicted molar refractivity (Wildman–Crippen MR) is 90.8 cm³/mol. The van der Waals surface area contributed by atoms with Crippen molar-refractivity contribution in [1.29, 1.82) is 0 Å². The maximum absolute atomic E-state index is 9.65. The predicted octanol–water partition coefficient (Wildman–Crippen LogP) is 5.67. The maximum atomic E-state index is 9.65. The molecule has 120 valence electrons. The summed E-state index contributed by atoms with van der Waals surface area (Å²) in [4.78, 5) is 8.00. The van der Waals surface area contributed by atoms with Crippen LogP contribution in [0, 0.1) is 0 Å². The molecule has 0 heterocycles. The number of benzene rings is 1.